The maximum absolute atomic E-state index is 15.5. The van der Waals surface area contributed by atoms with E-state index in [9.17, 15) is 19.2 Å². The molecule has 4 amide bonds. The van der Waals surface area contributed by atoms with Crippen molar-refractivity contribution in [1.82, 2.24) is 30.2 Å². The molecule has 2 aliphatic rings. The van der Waals surface area contributed by atoms with Gasteiger partial charge in [-0.2, -0.15) is 5.10 Å². The van der Waals surface area contributed by atoms with E-state index in [0.29, 0.717) is 56.9 Å². The largest absolute Gasteiger partial charge is 0.381 e. The standard InChI is InChI=1S/C31H44FN7O5/c1-5-26(40)35-27(31(43)38-15-13-37(4)14-16-38)20(3)22-7-8-24(23(32)19-22)34-30(42)28(21-10-17-44-18-11-21)36-29(41)25-9-12-33-39(25)6-2/h7-9,12,19-21,27-28H,5-6,10-11,13-18H2,1-4H3,(H,34,42)(H,35,40)(H,36,41)/t20-,27+,28-/m0/s1. The summed E-state index contributed by atoms with van der Waals surface area (Å²) in [6.07, 6.45) is 2.87. The van der Waals surface area contributed by atoms with Crippen LogP contribution >= 0.6 is 0 Å². The molecule has 2 aliphatic heterocycles. The number of amides is 4. The van der Waals surface area contributed by atoms with E-state index in [1.165, 1.54) is 18.3 Å². The van der Waals surface area contributed by atoms with Crippen LogP contribution in [0.1, 0.15) is 62.0 Å². The number of hydrogen-bond acceptors (Lipinski definition) is 7. The van der Waals surface area contributed by atoms with Gasteiger partial charge in [-0.15, -0.1) is 0 Å². The Morgan fingerprint density at radius 1 is 1.05 bits per heavy atom. The van der Waals surface area contributed by atoms with Crippen LogP contribution in [0.5, 0.6) is 0 Å². The topological polar surface area (TPSA) is 138 Å². The maximum atomic E-state index is 15.5. The van der Waals surface area contributed by atoms with E-state index < -0.39 is 35.6 Å². The number of halogens is 1. The van der Waals surface area contributed by atoms with Gasteiger partial charge in [0.25, 0.3) is 5.91 Å². The molecule has 3 atom stereocenters. The number of piperazine rings is 1. The molecule has 1 aromatic heterocycles. The van der Waals surface area contributed by atoms with Gasteiger partial charge in [-0.25, -0.2) is 4.39 Å². The Morgan fingerprint density at radius 2 is 1.75 bits per heavy atom. The number of carbonyl (C=O) groups excluding carboxylic acids is 4. The van der Waals surface area contributed by atoms with Crippen molar-refractivity contribution in [3.8, 4) is 0 Å². The Labute approximate surface area is 257 Å². The zero-order valence-corrected chi connectivity index (χ0v) is 26.0. The van der Waals surface area contributed by atoms with Crippen LogP contribution < -0.4 is 16.0 Å². The molecule has 0 aliphatic carbocycles. The van der Waals surface area contributed by atoms with Crippen molar-refractivity contribution < 1.29 is 28.3 Å². The highest BCUT2D eigenvalue weighted by atomic mass is 19.1. The van der Waals surface area contributed by atoms with Crippen molar-refractivity contribution in [3.05, 3.63) is 47.5 Å². The summed E-state index contributed by atoms with van der Waals surface area (Å²) in [6, 6.07) is 4.18. The third kappa shape index (κ3) is 8.00. The molecule has 0 bridgehead atoms. The summed E-state index contributed by atoms with van der Waals surface area (Å²) in [7, 11) is 1.99. The summed E-state index contributed by atoms with van der Waals surface area (Å²) < 4.78 is 22.5. The quantitative estimate of drug-likeness (QED) is 0.353. The van der Waals surface area contributed by atoms with E-state index in [4.69, 9.17) is 4.74 Å². The molecular weight excluding hydrogens is 569 g/mol. The van der Waals surface area contributed by atoms with Gasteiger partial charge < -0.3 is 30.5 Å². The summed E-state index contributed by atoms with van der Waals surface area (Å²) in [5, 5.41) is 12.5. The number of nitrogens with one attached hydrogen (secondary N) is 3. The molecule has 240 valence electrons. The van der Waals surface area contributed by atoms with Crippen LogP contribution in [0, 0.1) is 11.7 Å². The molecule has 4 rings (SSSR count). The van der Waals surface area contributed by atoms with Crippen molar-refractivity contribution in [2.24, 2.45) is 5.92 Å². The minimum atomic E-state index is -0.917. The minimum Gasteiger partial charge on any atom is -0.381 e. The molecule has 0 saturated carbocycles. The highest BCUT2D eigenvalue weighted by molar-refractivity contribution is 6.00. The Balaban J connectivity index is 1.51. The average molecular weight is 614 g/mol. The highest BCUT2D eigenvalue weighted by Crippen LogP contribution is 2.27. The lowest BCUT2D eigenvalue weighted by Gasteiger charge is -2.36. The van der Waals surface area contributed by atoms with Gasteiger partial charge in [-0.3, -0.25) is 23.9 Å². The molecule has 0 unspecified atom stereocenters. The molecule has 1 aromatic carbocycles. The Kier molecular flexibility index (Phi) is 11.5. The van der Waals surface area contributed by atoms with E-state index >= 15 is 4.39 Å². The van der Waals surface area contributed by atoms with Gasteiger partial charge in [0.05, 0.1) is 5.69 Å². The van der Waals surface area contributed by atoms with Gasteiger partial charge in [0.15, 0.2) is 0 Å². The zero-order valence-electron chi connectivity index (χ0n) is 26.0. The van der Waals surface area contributed by atoms with Crippen LogP contribution in [0.3, 0.4) is 0 Å². The first-order valence-corrected chi connectivity index (χ1v) is 15.4. The summed E-state index contributed by atoms with van der Waals surface area (Å²) in [5.41, 5.74) is 0.791. The van der Waals surface area contributed by atoms with Gasteiger partial charge in [-0.1, -0.05) is 19.9 Å². The lowest BCUT2D eigenvalue weighted by atomic mass is 9.90. The fourth-order valence-corrected chi connectivity index (χ4v) is 5.66. The number of ether oxygens (including phenoxy) is 1. The maximum Gasteiger partial charge on any atom is 0.270 e. The predicted molar refractivity (Wildman–Crippen MR) is 162 cm³/mol. The molecule has 2 saturated heterocycles. The zero-order chi connectivity index (χ0) is 31.8. The monoisotopic (exact) mass is 613 g/mol. The second kappa shape index (κ2) is 15.2. The van der Waals surface area contributed by atoms with Crippen molar-refractivity contribution in [3.63, 3.8) is 0 Å². The number of hydrogen-bond donors (Lipinski definition) is 3. The fourth-order valence-electron chi connectivity index (χ4n) is 5.66. The van der Waals surface area contributed by atoms with Crippen LogP contribution in [0.25, 0.3) is 0 Å². The minimum absolute atomic E-state index is 0.0459. The van der Waals surface area contributed by atoms with Gasteiger partial charge in [0.1, 0.15) is 23.6 Å². The summed E-state index contributed by atoms with van der Waals surface area (Å²) in [5.74, 6) is -2.86. The van der Waals surface area contributed by atoms with E-state index in [0.717, 1.165) is 13.1 Å². The normalized spacial score (nSPS) is 18.2. The molecule has 13 heteroatoms. The van der Waals surface area contributed by atoms with Gasteiger partial charge >= 0.3 is 0 Å². The van der Waals surface area contributed by atoms with E-state index in [2.05, 4.69) is 25.9 Å². The lowest BCUT2D eigenvalue weighted by molar-refractivity contribution is -0.138. The number of nitrogens with zero attached hydrogens (tertiary/aromatic N) is 4. The first-order valence-electron chi connectivity index (χ1n) is 15.4. The third-order valence-electron chi connectivity index (χ3n) is 8.55. The molecule has 2 fully saturated rings. The smallest absolute Gasteiger partial charge is 0.270 e. The van der Waals surface area contributed by atoms with E-state index in [1.807, 2.05) is 14.0 Å². The van der Waals surface area contributed by atoms with Crippen LogP contribution in [-0.4, -0.2) is 102 Å². The van der Waals surface area contributed by atoms with Crippen molar-refractivity contribution in [1.29, 1.82) is 0 Å². The van der Waals surface area contributed by atoms with Crippen LogP contribution in [0.4, 0.5) is 10.1 Å². The van der Waals surface area contributed by atoms with Crippen molar-refractivity contribution in [2.45, 2.75) is 64.6 Å². The lowest BCUT2D eigenvalue weighted by Crippen LogP contribution is -2.55. The first kappa shape index (κ1) is 33.1. The summed E-state index contributed by atoms with van der Waals surface area (Å²) in [6.45, 7) is 9.32. The Morgan fingerprint density at radius 3 is 2.39 bits per heavy atom. The van der Waals surface area contributed by atoms with E-state index in [1.54, 1.807) is 35.6 Å². The molecule has 12 nitrogen and oxygen atoms in total. The number of carbonyl (C=O) groups is 4. The molecule has 2 aromatic rings. The Bertz CT molecular complexity index is 1320. The Hall–Kier alpha value is -3.84. The average Bonchev–Trinajstić information content (AvgIpc) is 3.52. The number of likely N-dealkylation sites (N-methyl/N-ethyl adjacent to an activating group) is 1. The van der Waals surface area contributed by atoms with Crippen LogP contribution in [-0.2, 0) is 25.7 Å². The van der Waals surface area contributed by atoms with Crippen molar-refractivity contribution in [2.75, 3.05) is 51.8 Å². The van der Waals surface area contributed by atoms with Crippen LogP contribution in [0.2, 0.25) is 0 Å². The molecule has 44 heavy (non-hydrogen) atoms. The SMILES string of the molecule is CCC(=O)N[C@@H](C(=O)N1CCN(C)CC1)[C@@H](C)c1ccc(NC(=O)[C@@H](NC(=O)c2ccnn2CC)C2CCOCC2)c(F)c1. The molecule has 0 spiro atoms. The fraction of sp³-hybridized carbons (Fsp3) is 0.581. The van der Waals surface area contributed by atoms with Gasteiger partial charge in [0, 0.05) is 64.5 Å². The van der Waals surface area contributed by atoms with Gasteiger partial charge in [-0.05, 0) is 56.5 Å². The second-order valence-electron chi connectivity index (χ2n) is 11.5. The van der Waals surface area contributed by atoms with Crippen molar-refractivity contribution >= 4 is 29.3 Å². The molecular formula is C31H44FN7O5. The summed E-state index contributed by atoms with van der Waals surface area (Å²) >= 11 is 0. The number of anilines is 1. The number of aryl methyl sites for hydroxylation is 1. The van der Waals surface area contributed by atoms with Gasteiger partial charge in [0.2, 0.25) is 17.7 Å². The summed E-state index contributed by atoms with van der Waals surface area (Å²) in [4.78, 5) is 56.4. The van der Waals surface area contributed by atoms with E-state index in [-0.39, 0.29) is 29.8 Å². The predicted octanol–water partition coefficient (Wildman–Crippen LogP) is 1.98. The molecule has 3 heterocycles. The van der Waals surface area contributed by atoms with Crippen LogP contribution in [0.15, 0.2) is 30.5 Å². The number of benzene rings is 1. The second-order valence-corrected chi connectivity index (χ2v) is 11.5. The number of rotatable bonds is 11. The molecule has 3 N–H and O–H groups in total. The number of aromatic nitrogens is 2. The first-order chi connectivity index (χ1) is 21.1. The third-order valence-corrected chi connectivity index (χ3v) is 8.55. The molecule has 0 radical (unpaired) electrons. The highest BCUT2D eigenvalue weighted by Gasteiger charge is 2.34.